The molecule has 12 heteroatoms. The maximum atomic E-state index is 13.4. The molecule has 1 unspecified atom stereocenters. The van der Waals surface area contributed by atoms with Crippen LogP contribution in [0, 0.1) is 6.92 Å². The Morgan fingerprint density at radius 1 is 1.34 bits per heavy atom. The van der Waals surface area contributed by atoms with Gasteiger partial charge in [0.25, 0.3) is 0 Å². The highest BCUT2D eigenvalue weighted by atomic mass is 79.9. The fourth-order valence-electron chi connectivity index (χ4n) is 3.34. The number of ether oxygens (including phenoxy) is 1. The molecule has 1 fully saturated rings. The zero-order valence-corrected chi connectivity index (χ0v) is 20.1. The molecule has 1 atom stereocenters. The van der Waals surface area contributed by atoms with Crippen molar-refractivity contribution in [1.82, 2.24) is 9.78 Å². The molecule has 0 spiro atoms. The van der Waals surface area contributed by atoms with E-state index in [0.717, 1.165) is 16.0 Å². The minimum atomic E-state index is -4.68. The number of rotatable bonds is 7. The van der Waals surface area contributed by atoms with E-state index in [0.29, 0.717) is 24.1 Å². The number of hydrogen-bond acceptors (Lipinski definition) is 6. The third-order valence-corrected chi connectivity index (χ3v) is 7.14. The predicted molar refractivity (Wildman–Crippen MR) is 115 cm³/mol. The number of esters is 1. The van der Waals surface area contributed by atoms with Crippen LogP contribution in [-0.2, 0) is 15.7 Å². The van der Waals surface area contributed by atoms with Gasteiger partial charge in [0.05, 0.1) is 27.2 Å². The summed E-state index contributed by atoms with van der Waals surface area (Å²) in [6.45, 7) is 6.06. The van der Waals surface area contributed by atoms with Crippen molar-refractivity contribution in [2.75, 3.05) is 11.9 Å². The minimum absolute atomic E-state index is 0.0580. The first-order chi connectivity index (χ1) is 14.9. The maximum Gasteiger partial charge on any atom is 0.436 e. The number of carbonyl (C=O) groups is 3. The Morgan fingerprint density at radius 2 is 1.97 bits per heavy atom. The molecule has 2 aromatic heterocycles. The largest absolute Gasteiger partial charge is 0.462 e. The number of alkyl halides is 3. The van der Waals surface area contributed by atoms with Crippen LogP contribution in [0.4, 0.5) is 18.2 Å². The number of nitrogens with zero attached hydrogens (tertiary/aromatic N) is 2. The van der Waals surface area contributed by atoms with Crippen LogP contribution in [0.3, 0.4) is 0 Å². The molecule has 32 heavy (non-hydrogen) atoms. The molecule has 0 radical (unpaired) electrons. The number of thiophene rings is 1. The molecule has 1 aliphatic carbocycles. The van der Waals surface area contributed by atoms with Gasteiger partial charge in [-0.05, 0) is 62.0 Å². The van der Waals surface area contributed by atoms with Crippen molar-refractivity contribution >= 4 is 49.9 Å². The van der Waals surface area contributed by atoms with Crippen molar-refractivity contribution in [2.45, 2.75) is 58.7 Å². The quantitative estimate of drug-likeness (QED) is 0.374. The van der Waals surface area contributed by atoms with E-state index in [4.69, 9.17) is 4.74 Å². The van der Waals surface area contributed by atoms with Gasteiger partial charge in [-0.1, -0.05) is 0 Å². The number of halogens is 4. The first-order valence-corrected chi connectivity index (χ1v) is 11.5. The molecule has 1 aliphatic rings. The Labute approximate surface area is 194 Å². The summed E-state index contributed by atoms with van der Waals surface area (Å²) in [5.74, 6) is -1.77. The molecule has 2 aromatic rings. The van der Waals surface area contributed by atoms with Crippen molar-refractivity contribution < 1.29 is 32.3 Å². The van der Waals surface area contributed by atoms with Gasteiger partial charge >= 0.3 is 12.1 Å². The van der Waals surface area contributed by atoms with Gasteiger partial charge < -0.3 is 10.1 Å². The lowest BCUT2D eigenvalue weighted by Crippen LogP contribution is -2.26. The Bertz CT molecular complexity index is 1090. The minimum Gasteiger partial charge on any atom is -0.462 e. The van der Waals surface area contributed by atoms with Gasteiger partial charge in [0.15, 0.2) is 11.5 Å². The maximum absolute atomic E-state index is 13.4. The van der Waals surface area contributed by atoms with Crippen LogP contribution in [0.5, 0.6) is 0 Å². The summed E-state index contributed by atoms with van der Waals surface area (Å²) in [4.78, 5) is 37.7. The summed E-state index contributed by atoms with van der Waals surface area (Å²) in [5.41, 5.74) is -0.333. The molecule has 0 saturated heterocycles. The van der Waals surface area contributed by atoms with Crippen LogP contribution in [-0.4, -0.2) is 34.0 Å². The molecule has 0 aromatic carbocycles. The van der Waals surface area contributed by atoms with Crippen molar-refractivity contribution in [1.29, 1.82) is 0 Å². The summed E-state index contributed by atoms with van der Waals surface area (Å²) < 4.78 is 46.1. The van der Waals surface area contributed by atoms with Gasteiger partial charge in [-0.2, -0.15) is 18.3 Å². The van der Waals surface area contributed by atoms with E-state index in [1.165, 1.54) is 13.8 Å². The second-order valence-corrected chi connectivity index (χ2v) is 9.28. The van der Waals surface area contributed by atoms with Crippen molar-refractivity contribution in [3.63, 3.8) is 0 Å². The fourth-order valence-corrected chi connectivity index (χ4v) is 5.24. The Hall–Kier alpha value is -2.21. The molecule has 3 rings (SSSR count). The molecule has 1 saturated carbocycles. The predicted octanol–water partition coefficient (Wildman–Crippen LogP) is 5.49. The van der Waals surface area contributed by atoms with E-state index in [9.17, 15) is 27.6 Å². The van der Waals surface area contributed by atoms with Gasteiger partial charge in [0.2, 0.25) is 5.91 Å². The monoisotopic (exact) mass is 535 g/mol. The average Bonchev–Trinajstić information content (AvgIpc) is 3.37. The summed E-state index contributed by atoms with van der Waals surface area (Å²) in [7, 11) is 0. The number of nitrogens with one attached hydrogen (secondary N) is 1. The fraction of sp³-hybridized carbons (Fsp3) is 0.500. The van der Waals surface area contributed by atoms with Crippen molar-refractivity contribution in [3.8, 4) is 0 Å². The topological polar surface area (TPSA) is 90.3 Å². The molecular formula is C20H21BrF3N3O4S. The summed E-state index contributed by atoms with van der Waals surface area (Å²) in [6, 6.07) is -1.10. The average molecular weight is 536 g/mol. The van der Waals surface area contributed by atoms with Crippen LogP contribution in [0.15, 0.2) is 4.47 Å². The van der Waals surface area contributed by atoms with Crippen LogP contribution < -0.4 is 5.32 Å². The molecule has 0 aliphatic heterocycles. The van der Waals surface area contributed by atoms with Crippen molar-refractivity contribution in [2.24, 2.45) is 0 Å². The van der Waals surface area contributed by atoms with Crippen LogP contribution >= 0.6 is 27.3 Å². The zero-order valence-electron chi connectivity index (χ0n) is 17.7. The number of amides is 1. The highest BCUT2D eigenvalue weighted by Crippen LogP contribution is 2.48. The number of anilines is 1. The zero-order chi connectivity index (χ0) is 24.0. The number of Topliss-reactive ketones (excluding diaryl/α,β-unsaturated/α-hetero) is 1. The Morgan fingerprint density at radius 3 is 2.47 bits per heavy atom. The molecule has 1 N–H and O–H groups in total. The molecule has 2 heterocycles. The molecule has 0 bridgehead atoms. The second kappa shape index (κ2) is 8.97. The number of carbonyl (C=O) groups excluding carboxylic acids is 3. The Balaban J connectivity index is 1.97. The highest BCUT2D eigenvalue weighted by molar-refractivity contribution is 9.10. The lowest BCUT2D eigenvalue weighted by molar-refractivity contribution is -0.142. The second-order valence-electron chi connectivity index (χ2n) is 7.47. The van der Waals surface area contributed by atoms with Gasteiger partial charge in [0, 0.05) is 5.92 Å². The lowest BCUT2D eigenvalue weighted by atomic mass is 10.1. The molecule has 7 nitrogen and oxygen atoms in total. The molecule has 1 amide bonds. The normalized spacial score (nSPS) is 14.9. The lowest BCUT2D eigenvalue weighted by Gasteiger charge is -2.16. The van der Waals surface area contributed by atoms with Crippen molar-refractivity contribution in [3.05, 3.63) is 31.9 Å². The van der Waals surface area contributed by atoms with E-state index in [-0.39, 0.29) is 38.2 Å². The summed E-state index contributed by atoms with van der Waals surface area (Å²) >= 11 is 3.93. The third-order valence-electron chi connectivity index (χ3n) is 5.05. The SMILES string of the molecule is CCOC(=O)c1c(NC(=O)C(C)n2nc(C(F)(F)F)c(Br)c2C2CC2)sc(C(C)=O)c1C. The van der Waals surface area contributed by atoms with E-state index >= 15 is 0 Å². The van der Waals surface area contributed by atoms with E-state index < -0.39 is 29.8 Å². The molecule has 174 valence electrons. The number of ketones is 1. The summed E-state index contributed by atoms with van der Waals surface area (Å²) in [6.07, 6.45) is -3.27. The van der Waals surface area contributed by atoms with Crippen LogP contribution in [0.2, 0.25) is 0 Å². The number of aromatic nitrogens is 2. The number of hydrogen-bond donors (Lipinski definition) is 1. The third kappa shape index (κ3) is 4.61. The van der Waals surface area contributed by atoms with Gasteiger partial charge in [-0.15, -0.1) is 11.3 Å². The van der Waals surface area contributed by atoms with Gasteiger partial charge in [-0.25, -0.2) is 4.79 Å². The van der Waals surface area contributed by atoms with Gasteiger partial charge in [0.1, 0.15) is 11.0 Å². The smallest absolute Gasteiger partial charge is 0.436 e. The van der Waals surface area contributed by atoms with Crippen LogP contribution in [0.25, 0.3) is 0 Å². The summed E-state index contributed by atoms with van der Waals surface area (Å²) in [5, 5.41) is 6.38. The van der Waals surface area contributed by atoms with E-state index in [1.54, 1.807) is 13.8 Å². The molecular weight excluding hydrogens is 515 g/mol. The first-order valence-electron chi connectivity index (χ1n) is 9.85. The Kier molecular flexibility index (Phi) is 6.85. The first kappa shape index (κ1) is 24.4. The standard InChI is InChI=1S/C20H21BrF3N3O4S/c1-5-31-19(30)12-8(2)15(10(4)28)32-18(12)25-17(29)9(3)27-14(11-6-7-11)13(21)16(26-27)20(22,23)24/h9,11H,5-7H2,1-4H3,(H,25,29). The van der Waals surface area contributed by atoms with E-state index in [2.05, 4.69) is 26.3 Å². The highest BCUT2D eigenvalue weighted by Gasteiger charge is 2.43. The van der Waals surface area contributed by atoms with E-state index in [1.807, 2.05) is 0 Å². The van der Waals surface area contributed by atoms with Crippen LogP contribution in [0.1, 0.15) is 82.6 Å². The van der Waals surface area contributed by atoms with Gasteiger partial charge in [-0.3, -0.25) is 14.3 Å².